The summed E-state index contributed by atoms with van der Waals surface area (Å²) in [7, 11) is 0. The summed E-state index contributed by atoms with van der Waals surface area (Å²) >= 11 is 0. The minimum atomic E-state index is 0.656. The Morgan fingerprint density at radius 1 is 0.452 bits per heavy atom. The molecule has 1 aliphatic carbocycles. The maximum atomic E-state index is 6.47. The van der Waals surface area contributed by atoms with E-state index in [0.717, 1.165) is 101 Å². The molecule has 0 aliphatic heterocycles. The molecular weight excluding hydrogens is 755 g/mol. The van der Waals surface area contributed by atoms with Crippen molar-refractivity contribution in [2.75, 3.05) is 0 Å². The van der Waals surface area contributed by atoms with E-state index in [1.807, 2.05) is 12.1 Å². The summed E-state index contributed by atoms with van der Waals surface area (Å²) in [6.07, 6.45) is 6.71. The van der Waals surface area contributed by atoms with Gasteiger partial charge in [0.2, 0.25) is 5.95 Å². The van der Waals surface area contributed by atoms with E-state index in [1.165, 1.54) is 32.7 Å². The second-order valence-corrected chi connectivity index (χ2v) is 16.3. The van der Waals surface area contributed by atoms with E-state index in [0.29, 0.717) is 5.95 Å². The van der Waals surface area contributed by atoms with E-state index in [9.17, 15) is 0 Å². The number of para-hydroxylation sites is 4. The van der Waals surface area contributed by atoms with Gasteiger partial charge in [-0.25, -0.2) is 9.97 Å². The molecule has 3 heterocycles. The van der Waals surface area contributed by atoms with Crippen LogP contribution in [-0.2, 0) is 6.42 Å². The first kappa shape index (κ1) is 34.8. The molecule has 290 valence electrons. The number of benzene rings is 9. The van der Waals surface area contributed by atoms with Gasteiger partial charge in [0.1, 0.15) is 11.2 Å². The number of fused-ring (bicyclic) bond motifs is 12. The van der Waals surface area contributed by atoms with E-state index in [-0.39, 0.29) is 0 Å². The highest BCUT2D eigenvalue weighted by molar-refractivity contribution is 6.24. The van der Waals surface area contributed by atoms with Gasteiger partial charge in [-0.05, 0) is 75.9 Å². The summed E-state index contributed by atoms with van der Waals surface area (Å²) in [5.41, 5.74) is 16.4. The van der Waals surface area contributed by atoms with Crippen molar-refractivity contribution in [2.45, 2.75) is 12.8 Å². The van der Waals surface area contributed by atoms with Gasteiger partial charge in [-0.1, -0.05) is 176 Å². The number of furan rings is 1. The second kappa shape index (κ2) is 13.7. The SMILES string of the molecule is C1=Cc2c(c3ccccc3c3c2c2cccc(-c4cccc(-c5cccc(-c6cccc7c6oc6ccccc67)c5)c4)c2n3-c2nc(-c3ccccc3)c3ccccc3n2)CC1. The highest BCUT2D eigenvalue weighted by Gasteiger charge is 2.26. The van der Waals surface area contributed by atoms with Crippen LogP contribution in [0.15, 0.2) is 199 Å². The van der Waals surface area contributed by atoms with E-state index < -0.39 is 0 Å². The predicted octanol–water partition coefficient (Wildman–Crippen LogP) is 15.4. The Balaban J connectivity index is 1.07. The van der Waals surface area contributed by atoms with Crippen molar-refractivity contribution in [3.05, 3.63) is 205 Å². The van der Waals surface area contributed by atoms with E-state index in [1.54, 1.807) is 0 Å². The Labute approximate surface area is 357 Å². The molecule has 62 heavy (non-hydrogen) atoms. The van der Waals surface area contributed by atoms with Crippen LogP contribution in [0.3, 0.4) is 0 Å². The molecule has 0 fully saturated rings. The summed E-state index contributed by atoms with van der Waals surface area (Å²) in [6, 6.07) is 67.1. The maximum absolute atomic E-state index is 6.47. The Hall–Kier alpha value is -8.08. The van der Waals surface area contributed by atoms with Crippen LogP contribution < -0.4 is 0 Å². The van der Waals surface area contributed by atoms with Crippen molar-refractivity contribution in [1.82, 2.24) is 14.5 Å². The molecule has 4 nitrogen and oxygen atoms in total. The van der Waals surface area contributed by atoms with Crippen LogP contribution in [0.5, 0.6) is 0 Å². The molecule has 13 rings (SSSR count). The van der Waals surface area contributed by atoms with E-state index in [2.05, 4.69) is 193 Å². The Kier molecular flexibility index (Phi) is 7.70. The molecule has 0 radical (unpaired) electrons. The summed E-state index contributed by atoms with van der Waals surface area (Å²) < 4.78 is 8.84. The number of aromatic nitrogens is 3. The van der Waals surface area contributed by atoms with Crippen molar-refractivity contribution < 1.29 is 4.42 Å². The van der Waals surface area contributed by atoms with Crippen LogP contribution in [0.25, 0.3) is 122 Å². The lowest BCUT2D eigenvalue weighted by molar-refractivity contribution is 0.670. The van der Waals surface area contributed by atoms with Crippen LogP contribution in [-0.4, -0.2) is 14.5 Å². The predicted molar refractivity (Wildman–Crippen MR) is 258 cm³/mol. The van der Waals surface area contributed by atoms with Crippen molar-refractivity contribution in [3.63, 3.8) is 0 Å². The molecule has 0 saturated carbocycles. The smallest absolute Gasteiger partial charge is 0.235 e. The number of rotatable bonds is 5. The highest BCUT2D eigenvalue weighted by Crippen LogP contribution is 2.46. The van der Waals surface area contributed by atoms with Gasteiger partial charge in [0.15, 0.2) is 0 Å². The zero-order chi connectivity index (χ0) is 40.7. The largest absolute Gasteiger partial charge is 0.455 e. The van der Waals surface area contributed by atoms with Crippen molar-refractivity contribution in [3.8, 4) is 50.6 Å². The van der Waals surface area contributed by atoms with Crippen molar-refractivity contribution in [1.29, 1.82) is 0 Å². The fraction of sp³-hybridized carbons (Fsp3) is 0.0345. The lowest BCUT2D eigenvalue weighted by Gasteiger charge is -2.18. The van der Waals surface area contributed by atoms with Gasteiger partial charge in [0.05, 0.1) is 22.2 Å². The molecule has 0 atom stereocenters. The monoisotopic (exact) mass is 791 g/mol. The topological polar surface area (TPSA) is 43.9 Å². The molecule has 0 bridgehead atoms. The van der Waals surface area contributed by atoms with Gasteiger partial charge in [-0.3, -0.25) is 4.57 Å². The van der Waals surface area contributed by atoms with Crippen LogP contribution in [0.1, 0.15) is 17.5 Å². The second-order valence-electron chi connectivity index (χ2n) is 16.3. The lowest BCUT2D eigenvalue weighted by Crippen LogP contribution is -2.05. The van der Waals surface area contributed by atoms with Gasteiger partial charge in [0, 0.05) is 49.0 Å². The Morgan fingerprint density at radius 3 is 1.89 bits per heavy atom. The average molecular weight is 792 g/mol. The van der Waals surface area contributed by atoms with Crippen LogP contribution >= 0.6 is 0 Å². The number of nitrogens with zero attached hydrogens (tertiary/aromatic N) is 3. The molecule has 1 aliphatic rings. The average Bonchev–Trinajstić information content (AvgIpc) is 3.91. The third kappa shape index (κ3) is 5.26. The zero-order valence-corrected chi connectivity index (χ0v) is 33.7. The molecule has 12 aromatic rings. The van der Waals surface area contributed by atoms with Gasteiger partial charge in [-0.2, -0.15) is 0 Å². The molecule has 0 N–H and O–H groups in total. The highest BCUT2D eigenvalue weighted by atomic mass is 16.3. The first-order valence-corrected chi connectivity index (χ1v) is 21.4. The molecule has 3 aromatic heterocycles. The van der Waals surface area contributed by atoms with Crippen molar-refractivity contribution in [2.24, 2.45) is 0 Å². The standard InChI is InChI=1S/C58H37N3O/c1-2-16-36(17-3-1)54-49-27-8-10-32-51(49)59-58(60-54)61-55-41(28-14-31-50(55)53-46-25-6-4-22-43(46)44-23-5-7-26-47(44)56(53)61)39-20-12-18-37(34-39)38-19-13-21-40(35-38)42-29-15-30-48-45-24-9-11-33-52(45)62-57(42)48/h1-3,5-21,23-35H,4,22H2. The minimum Gasteiger partial charge on any atom is -0.455 e. The van der Waals surface area contributed by atoms with Crippen LogP contribution in [0.2, 0.25) is 0 Å². The van der Waals surface area contributed by atoms with E-state index >= 15 is 0 Å². The van der Waals surface area contributed by atoms with Crippen LogP contribution in [0.4, 0.5) is 0 Å². The number of hydrogen-bond donors (Lipinski definition) is 0. The Morgan fingerprint density at radius 2 is 1.06 bits per heavy atom. The molecule has 0 unspecified atom stereocenters. The summed E-state index contributed by atoms with van der Waals surface area (Å²) in [4.78, 5) is 11.0. The quantitative estimate of drug-likeness (QED) is 0.174. The number of hydrogen-bond acceptors (Lipinski definition) is 3. The Bertz CT molecular complexity index is 3810. The third-order valence-corrected chi connectivity index (χ3v) is 12.9. The number of allylic oxidation sites excluding steroid dienone is 1. The maximum Gasteiger partial charge on any atom is 0.235 e. The molecule has 9 aromatic carbocycles. The van der Waals surface area contributed by atoms with Crippen molar-refractivity contribution >= 4 is 71.5 Å². The minimum absolute atomic E-state index is 0.656. The summed E-state index contributed by atoms with van der Waals surface area (Å²) in [5.74, 6) is 0.656. The first-order chi connectivity index (χ1) is 30.8. The molecule has 0 spiro atoms. The first-order valence-electron chi connectivity index (χ1n) is 21.4. The summed E-state index contributed by atoms with van der Waals surface area (Å²) in [5, 5.41) is 8.22. The van der Waals surface area contributed by atoms with Gasteiger partial charge < -0.3 is 4.42 Å². The van der Waals surface area contributed by atoms with Gasteiger partial charge in [0.25, 0.3) is 0 Å². The molecular formula is C58H37N3O. The number of aryl methyl sites for hydroxylation is 1. The van der Waals surface area contributed by atoms with Crippen LogP contribution in [0, 0.1) is 0 Å². The normalized spacial score (nSPS) is 12.6. The zero-order valence-electron chi connectivity index (χ0n) is 33.7. The summed E-state index contributed by atoms with van der Waals surface area (Å²) in [6.45, 7) is 0. The third-order valence-electron chi connectivity index (χ3n) is 12.9. The van der Waals surface area contributed by atoms with Gasteiger partial charge >= 0.3 is 0 Å². The fourth-order valence-corrected chi connectivity index (χ4v) is 10.1. The lowest BCUT2D eigenvalue weighted by atomic mass is 9.88. The van der Waals surface area contributed by atoms with Gasteiger partial charge in [-0.15, -0.1) is 0 Å². The molecule has 0 amide bonds. The molecule has 4 heteroatoms. The fourth-order valence-electron chi connectivity index (χ4n) is 10.1. The molecule has 0 saturated heterocycles. The van der Waals surface area contributed by atoms with E-state index in [4.69, 9.17) is 14.4 Å².